The summed E-state index contributed by atoms with van der Waals surface area (Å²) in [5.74, 6) is 0.511. The van der Waals surface area contributed by atoms with E-state index in [0.717, 1.165) is 17.0 Å². The molecule has 1 aliphatic rings. The fourth-order valence-electron chi connectivity index (χ4n) is 1.68. The second-order valence-electron chi connectivity index (χ2n) is 3.61. The second kappa shape index (κ2) is 3.74. The van der Waals surface area contributed by atoms with Gasteiger partial charge in [0.15, 0.2) is 0 Å². The first-order chi connectivity index (χ1) is 6.81. The Balaban J connectivity index is 2.72. The van der Waals surface area contributed by atoms with Crippen molar-refractivity contribution in [3.63, 3.8) is 0 Å². The number of allylic oxidation sites excluding steroid dienone is 2. The minimum absolute atomic E-state index is 0.511. The van der Waals surface area contributed by atoms with Crippen molar-refractivity contribution >= 4 is 11.6 Å². The molecule has 0 N–H and O–H groups in total. The van der Waals surface area contributed by atoms with Gasteiger partial charge in [-0.2, -0.15) is 0 Å². The minimum Gasteiger partial charge on any atom is -0.244 e. The van der Waals surface area contributed by atoms with E-state index in [1.54, 1.807) is 6.33 Å². The molecule has 2 heteroatoms. The zero-order valence-electron chi connectivity index (χ0n) is 8.57. The first kappa shape index (κ1) is 9.13. The van der Waals surface area contributed by atoms with Gasteiger partial charge in [-0.3, -0.25) is 0 Å². The molecule has 72 valence electrons. The van der Waals surface area contributed by atoms with Crippen LogP contribution in [-0.4, -0.2) is 9.97 Å². The van der Waals surface area contributed by atoms with Crippen molar-refractivity contribution in [2.24, 2.45) is 5.92 Å². The van der Waals surface area contributed by atoms with Crippen molar-refractivity contribution in [2.45, 2.75) is 20.3 Å². The molecule has 1 aliphatic carbocycles. The van der Waals surface area contributed by atoms with Gasteiger partial charge in [-0.05, 0) is 24.8 Å². The zero-order valence-corrected chi connectivity index (χ0v) is 8.57. The lowest BCUT2D eigenvalue weighted by Gasteiger charge is -1.99. The van der Waals surface area contributed by atoms with Gasteiger partial charge >= 0.3 is 0 Å². The van der Waals surface area contributed by atoms with E-state index >= 15 is 0 Å². The predicted molar refractivity (Wildman–Crippen MR) is 57.8 cm³/mol. The van der Waals surface area contributed by atoms with Crippen molar-refractivity contribution in [3.8, 4) is 0 Å². The van der Waals surface area contributed by atoms with E-state index in [2.05, 4.69) is 42.0 Å². The topological polar surface area (TPSA) is 25.8 Å². The summed E-state index contributed by atoms with van der Waals surface area (Å²) >= 11 is 0. The van der Waals surface area contributed by atoms with Gasteiger partial charge in [0.2, 0.25) is 0 Å². The molecule has 1 unspecified atom stereocenters. The maximum Gasteiger partial charge on any atom is 0.116 e. The predicted octanol–water partition coefficient (Wildman–Crippen LogP) is 1.02. The van der Waals surface area contributed by atoms with E-state index in [9.17, 15) is 0 Å². The first-order valence-electron chi connectivity index (χ1n) is 4.98. The average Bonchev–Trinajstić information content (AvgIpc) is 2.39. The normalized spacial score (nSPS) is 19.9. The van der Waals surface area contributed by atoms with Crippen LogP contribution in [0.1, 0.15) is 20.3 Å². The van der Waals surface area contributed by atoms with Gasteiger partial charge in [-0.25, -0.2) is 9.97 Å². The standard InChI is InChI=1S/C12H14N2/c1-3-10-5-4-9(2)12-11(6-10)7-13-8-14-12/h4-8,10H,3H2,1-2H3. The van der Waals surface area contributed by atoms with Crippen LogP contribution < -0.4 is 10.6 Å². The van der Waals surface area contributed by atoms with Gasteiger partial charge in [0.05, 0.1) is 5.35 Å². The minimum atomic E-state index is 0.511. The molecule has 0 radical (unpaired) electrons. The molecule has 0 saturated carbocycles. The fourth-order valence-corrected chi connectivity index (χ4v) is 1.68. The molecule has 1 aromatic heterocycles. The third kappa shape index (κ3) is 1.60. The summed E-state index contributed by atoms with van der Waals surface area (Å²) in [6.45, 7) is 4.28. The molecule has 0 aliphatic heterocycles. The van der Waals surface area contributed by atoms with Gasteiger partial charge in [0.25, 0.3) is 0 Å². The maximum absolute atomic E-state index is 4.30. The summed E-state index contributed by atoms with van der Waals surface area (Å²) in [5, 5.41) is 2.22. The Morgan fingerprint density at radius 3 is 3.07 bits per heavy atom. The summed E-state index contributed by atoms with van der Waals surface area (Å²) in [5.41, 5.74) is 1.22. The van der Waals surface area contributed by atoms with Crippen LogP contribution in [0.5, 0.6) is 0 Å². The molecule has 0 bridgehead atoms. The van der Waals surface area contributed by atoms with Crippen LogP contribution in [0.4, 0.5) is 0 Å². The van der Waals surface area contributed by atoms with Gasteiger partial charge in [0, 0.05) is 11.4 Å². The van der Waals surface area contributed by atoms with E-state index in [-0.39, 0.29) is 0 Å². The molecule has 0 saturated heterocycles. The molecule has 0 amide bonds. The van der Waals surface area contributed by atoms with Gasteiger partial charge in [0.1, 0.15) is 6.33 Å². The Labute approximate surface area is 83.7 Å². The van der Waals surface area contributed by atoms with E-state index in [4.69, 9.17) is 0 Å². The number of hydrogen-bond acceptors (Lipinski definition) is 2. The number of aromatic nitrogens is 2. The van der Waals surface area contributed by atoms with Crippen LogP contribution in [0.15, 0.2) is 24.7 Å². The lowest BCUT2D eigenvalue weighted by molar-refractivity contribution is 0.812. The lowest BCUT2D eigenvalue weighted by Crippen LogP contribution is -2.30. The highest BCUT2D eigenvalue weighted by Gasteiger charge is 2.02. The molecule has 2 rings (SSSR count). The molecule has 1 aromatic rings. The van der Waals surface area contributed by atoms with Gasteiger partial charge in [-0.15, -0.1) is 0 Å². The highest BCUT2D eigenvalue weighted by atomic mass is 14.8. The van der Waals surface area contributed by atoms with Gasteiger partial charge in [-0.1, -0.05) is 25.2 Å². The summed E-state index contributed by atoms with van der Waals surface area (Å²) in [4.78, 5) is 8.36. The highest BCUT2D eigenvalue weighted by Crippen LogP contribution is 2.09. The Hall–Kier alpha value is -1.44. The molecule has 1 atom stereocenters. The molecule has 14 heavy (non-hydrogen) atoms. The average molecular weight is 186 g/mol. The Kier molecular flexibility index (Phi) is 2.44. The van der Waals surface area contributed by atoms with Crippen LogP contribution in [0.2, 0.25) is 0 Å². The van der Waals surface area contributed by atoms with Crippen molar-refractivity contribution in [2.75, 3.05) is 0 Å². The Bertz CT molecular complexity index is 471. The smallest absolute Gasteiger partial charge is 0.116 e. The van der Waals surface area contributed by atoms with Gasteiger partial charge < -0.3 is 0 Å². The quantitative estimate of drug-likeness (QED) is 0.654. The molecular formula is C12H14N2. The van der Waals surface area contributed by atoms with Crippen LogP contribution in [-0.2, 0) is 0 Å². The van der Waals surface area contributed by atoms with Crippen molar-refractivity contribution in [1.82, 2.24) is 9.97 Å². The zero-order chi connectivity index (χ0) is 9.97. The number of nitrogens with zero attached hydrogens (tertiary/aromatic N) is 2. The summed E-state index contributed by atoms with van der Waals surface area (Å²) in [7, 11) is 0. The number of rotatable bonds is 1. The van der Waals surface area contributed by atoms with E-state index < -0.39 is 0 Å². The molecule has 2 nitrogen and oxygen atoms in total. The third-order valence-electron chi connectivity index (χ3n) is 2.57. The number of fused-ring (bicyclic) bond motifs is 1. The fraction of sp³-hybridized carbons (Fsp3) is 0.333. The Morgan fingerprint density at radius 2 is 2.29 bits per heavy atom. The lowest BCUT2D eigenvalue weighted by atomic mass is 10.1. The van der Waals surface area contributed by atoms with Crippen molar-refractivity contribution in [3.05, 3.63) is 35.2 Å². The van der Waals surface area contributed by atoms with Crippen molar-refractivity contribution < 1.29 is 0 Å². The molecule has 1 heterocycles. The monoisotopic (exact) mass is 186 g/mol. The molecule has 0 spiro atoms. The molecular weight excluding hydrogens is 172 g/mol. The molecule has 0 fully saturated rings. The summed E-state index contributed by atoms with van der Waals surface area (Å²) < 4.78 is 0. The van der Waals surface area contributed by atoms with E-state index in [0.29, 0.717) is 5.92 Å². The highest BCUT2D eigenvalue weighted by molar-refractivity contribution is 5.56. The first-order valence-corrected chi connectivity index (χ1v) is 4.98. The van der Waals surface area contributed by atoms with Crippen molar-refractivity contribution in [1.29, 1.82) is 0 Å². The van der Waals surface area contributed by atoms with Crippen LogP contribution >= 0.6 is 0 Å². The summed E-state index contributed by atoms with van der Waals surface area (Å²) in [6, 6.07) is 0. The van der Waals surface area contributed by atoms with E-state index in [1.807, 2.05) is 6.20 Å². The number of hydrogen-bond donors (Lipinski definition) is 0. The largest absolute Gasteiger partial charge is 0.244 e. The van der Waals surface area contributed by atoms with Crippen LogP contribution in [0, 0.1) is 5.92 Å². The summed E-state index contributed by atoms with van der Waals surface area (Å²) in [6.07, 6.45) is 11.2. The van der Waals surface area contributed by atoms with E-state index in [1.165, 1.54) is 5.57 Å². The maximum atomic E-state index is 4.30. The Morgan fingerprint density at radius 1 is 1.43 bits per heavy atom. The SMILES string of the molecule is CCC1C=CC(C)=c2ncncc2=C1. The molecule has 0 aromatic carbocycles. The third-order valence-corrected chi connectivity index (χ3v) is 2.57. The second-order valence-corrected chi connectivity index (χ2v) is 3.61. The van der Waals surface area contributed by atoms with Crippen LogP contribution in [0.25, 0.3) is 11.6 Å². The van der Waals surface area contributed by atoms with Crippen LogP contribution in [0.3, 0.4) is 0 Å².